The van der Waals surface area contributed by atoms with Crippen LogP contribution < -0.4 is 75.7 Å². The summed E-state index contributed by atoms with van der Waals surface area (Å²) < 4.78 is 0. The van der Waals surface area contributed by atoms with Gasteiger partial charge in [-0.3, -0.25) is 81.5 Å². The number of nitrogens with zero attached hydrogens (tertiary/aromatic N) is 3. The number of benzene rings is 2. The molecule has 5 aliphatic heterocycles. The van der Waals surface area contributed by atoms with Crippen molar-refractivity contribution in [3.05, 3.63) is 65.7 Å². The number of carbonyl (C=O) groups excluding carboxylic acids is 16. The van der Waals surface area contributed by atoms with Crippen LogP contribution in [0.3, 0.4) is 0 Å². The Morgan fingerprint density at radius 1 is 0.514 bits per heavy atom. The van der Waals surface area contributed by atoms with Gasteiger partial charge in [0, 0.05) is 55.5 Å². The highest BCUT2D eigenvalue weighted by Crippen LogP contribution is 2.30. The number of carbonyl (C=O) groups is 17. The van der Waals surface area contributed by atoms with Crippen molar-refractivity contribution >= 4 is 144 Å². The molecule has 5 fully saturated rings. The fourth-order valence-electron chi connectivity index (χ4n) is 12.3. The van der Waals surface area contributed by atoms with E-state index in [1.54, 1.807) is 30.3 Å². The van der Waals surface area contributed by atoms with Crippen LogP contribution in [0.1, 0.15) is 76.3 Å². The van der Waals surface area contributed by atoms with Gasteiger partial charge in [0.2, 0.25) is 94.5 Å². The summed E-state index contributed by atoms with van der Waals surface area (Å²) in [6.07, 6.45) is -3.71. The number of rotatable bonds is 13. The number of phenolic OH excluding ortho intramolecular Hbond substituents is 1. The lowest BCUT2D eigenvalue weighted by atomic mass is 10.0. The maximum Gasteiger partial charge on any atom is 0.305 e. The molecule has 2 aromatic rings. The first-order valence-corrected chi connectivity index (χ1v) is 39.2. The number of amides is 16. The topological polar surface area (TPSA) is 591 Å². The summed E-state index contributed by atoms with van der Waals surface area (Å²) in [5.41, 5.74) is 17.8. The Bertz CT molecular complexity index is 3650. The van der Waals surface area contributed by atoms with E-state index in [0.29, 0.717) is 11.1 Å². The normalized spacial score (nSPS) is 28.5. The number of hydrogen-bond acceptors (Lipinski definition) is 25. The molecule has 5 unspecified atom stereocenters. The number of primary amides is 2. The minimum absolute atomic E-state index is 0.00468. The molecule has 38 nitrogen and oxygen atoms in total. The van der Waals surface area contributed by atoms with Crippen molar-refractivity contribution in [3.8, 4) is 5.75 Å². The summed E-state index contributed by atoms with van der Waals surface area (Å²) >= 11 is 0. The first kappa shape index (κ1) is 84.8. The molecule has 0 aromatic heterocycles. The van der Waals surface area contributed by atoms with Crippen LogP contribution >= 0.6 is 43.2 Å². The molecule has 5 heterocycles. The lowest BCUT2D eigenvalue weighted by molar-refractivity contribution is -0.148. The second kappa shape index (κ2) is 40.5. The minimum atomic E-state index is -1.99. The van der Waals surface area contributed by atoms with Gasteiger partial charge in [-0.05, 0) is 75.6 Å². The molecular formula is C65H89N17O21S4. The Labute approximate surface area is 628 Å². The molecule has 15 atom stereocenters. The third kappa shape index (κ3) is 24.3. The predicted octanol–water partition coefficient (Wildman–Crippen LogP) is -7.54. The summed E-state index contributed by atoms with van der Waals surface area (Å²) in [5.74, 6) is -20.5. The molecule has 0 spiro atoms. The largest absolute Gasteiger partial charge is 0.508 e. The molecule has 16 amide bonds. The van der Waals surface area contributed by atoms with Gasteiger partial charge < -0.3 is 111 Å². The number of hydrogen-bond donors (Lipinski definition) is 18. The van der Waals surface area contributed by atoms with Crippen molar-refractivity contribution in [2.24, 2.45) is 17.2 Å². The maximum atomic E-state index is 15.0. The lowest BCUT2D eigenvalue weighted by Gasteiger charge is -2.33. The molecule has 2 bridgehead atoms. The van der Waals surface area contributed by atoms with Crippen molar-refractivity contribution in [1.29, 1.82) is 0 Å². The van der Waals surface area contributed by atoms with E-state index >= 15 is 9.59 Å². The van der Waals surface area contributed by atoms with Crippen LogP contribution in [-0.4, -0.2) is 282 Å². The van der Waals surface area contributed by atoms with E-state index < -0.39 is 240 Å². The van der Waals surface area contributed by atoms with Crippen molar-refractivity contribution in [2.45, 2.75) is 169 Å². The molecule has 0 radical (unpaired) electrons. The fourth-order valence-corrected chi connectivity index (χ4v) is 16.9. The number of aliphatic hydroxyl groups excluding tert-OH is 2. The second-order valence-corrected chi connectivity index (χ2v) is 31.0. The van der Waals surface area contributed by atoms with E-state index in [1.165, 1.54) is 41.0 Å². The maximum absolute atomic E-state index is 15.0. The third-order valence-corrected chi connectivity index (χ3v) is 22.8. The monoisotopic (exact) mass is 1570 g/mol. The van der Waals surface area contributed by atoms with Gasteiger partial charge in [0.05, 0.1) is 32.1 Å². The van der Waals surface area contributed by atoms with Gasteiger partial charge in [0.25, 0.3) is 0 Å². The number of nitrogens with two attached hydrogens (primary N) is 3. The molecule has 107 heavy (non-hydrogen) atoms. The Hall–Kier alpha value is -9.49. The minimum Gasteiger partial charge on any atom is -0.508 e. The van der Waals surface area contributed by atoms with Crippen molar-refractivity contribution < 1.29 is 102 Å². The molecule has 5 aliphatic rings. The smallest absolute Gasteiger partial charge is 0.305 e. The first-order valence-electron chi connectivity index (χ1n) is 34.2. The molecular weight excluding hydrogens is 1480 g/mol. The zero-order valence-corrected chi connectivity index (χ0v) is 61.5. The summed E-state index contributed by atoms with van der Waals surface area (Å²) in [6.45, 7) is 0.222. The van der Waals surface area contributed by atoms with Gasteiger partial charge >= 0.3 is 5.97 Å². The van der Waals surface area contributed by atoms with Crippen LogP contribution in [-0.2, 0) is 94.3 Å². The van der Waals surface area contributed by atoms with E-state index in [4.69, 9.17) is 17.2 Å². The van der Waals surface area contributed by atoms with E-state index in [-0.39, 0.29) is 76.8 Å². The number of carboxylic acid groups (broad SMARTS) is 1. The van der Waals surface area contributed by atoms with E-state index in [1.807, 2.05) is 0 Å². The van der Waals surface area contributed by atoms with E-state index in [9.17, 15) is 92.3 Å². The molecule has 584 valence electrons. The highest BCUT2D eigenvalue weighted by atomic mass is 33.1. The number of aromatic hydroxyl groups is 1. The average Bonchev–Trinajstić information content (AvgIpc) is 1.68. The average molecular weight is 1570 g/mol. The standard InChI is InChI=1S/C65H89N17O21S4/c1-31-53(91)79-51(32(2)84)62(100)74-39(23-48(67)86)64(102)80-18-6-11-45(80)60(98)72-37(24-50(88)89)55(93)76-41(52(68)90)27-104-106-29-43-59(97)75-40(26-83)56(94)73-38(22-34-14-16-35(85)17-15-34)63(101)82-20-8-13-47(82)65(103)81-19-7-12-46(81)61(99)78-44(30-107-105-28-42(57(95)77-43)70-49(87)25-66)58(96)71-36(54(92)69-31)21-33-9-4-3-5-10-33/h3-5,9-10,14-17,31-32,36-47,51,83-85H,6-8,11-13,18-30,66H2,1-2H3,(H2,67,86)(H2,68,90)(H,69,92)(H,70,87)(H,71,96)(H,72,98)(H,73,94)(H,74,100)(H,75,97)(H,76,93)(H,77,95)(H,78,99)(H,79,91)(H,88,89)/t31-,32+,36?,37?,38?,39-,40-,41?,42-,43-,44-,45-,46-,47-,51?/m0/s1. The number of phenols is 1. The summed E-state index contributed by atoms with van der Waals surface area (Å²) in [7, 11) is 3.20. The van der Waals surface area contributed by atoms with Crippen LogP contribution in [0, 0.1) is 0 Å². The summed E-state index contributed by atoms with van der Waals surface area (Å²) in [5, 5.41) is 68.7. The number of aliphatic carboxylic acids is 1. The van der Waals surface area contributed by atoms with Gasteiger partial charge in [-0.25, -0.2) is 0 Å². The van der Waals surface area contributed by atoms with Crippen LogP contribution in [0.4, 0.5) is 0 Å². The Balaban J connectivity index is 1.32. The number of fused-ring (bicyclic) bond motifs is 11. The Kier molecular flexibility index (Phi) is 32.1. The lowest BCUT2D eigenvalue weighted by Crippen LogP contribution is -2.62. The van der Waals surface area contributed by atoms with Crippen molar-refractivity contribution in [2.75, 3.05) is 55.8 Å². The van der Waals surface area contributed by atoms with Crippen LogP contribution in [0.5, 0.6) is 5.75 Å². The highest BCUT2D eigenvalue weighted by molar-refractivity contribution is 8.77. The number of carboxylic acids is 1. The summed E-state index contributed by atoms with van der Waals surface area (Å²) in [4.78, 5) is 243. The Morgan fingerprint density at radius 2 is 0.991 bits per heavy atom. The predicted molar refractivity (Wildman–Crippen MR) is 386 cm³/mol. The van der Waals surface area contributed by atoms with E-state index in [0.717, 1.165) is 55.0 Å². The molecule has 42 heteroatoms. The van der Waals surface area contributed by atoms with Gasteiger partial charge in [0.1, 0.15) is 90.3 Å². The number of nitrogens with one attached hydrogen (secondary N) is 11. The quantitative estimate of drug-likeness (QED) is 0.0829. The molecule has 0 saturated carbocycles. The Morgan fingerprint density at radius 3 is 1.56 bits per heavy atom. The molecule has 0 aliphatic carbocycles. The first-order chi connectivity index (χ1) is 50.9. The molecule has 2 aromatic carbocycles. The van der Waals surface area contributed by atoms with Crippen molar-refractivity contribution in [1.82, 2.24) is 73.2 Å². The van der Waals surface area contributed by atoms with Gasteiger partial charge in [-0.2, -0.15) is 0 Å². The van der Waals surface area contributed by atoms with Gasteiger partial charge in [-0.1, -0.05) is 85.6 Å². The molecule has 21 N–H and O–H groups in total. The fraction of sp³-hybridized carbons (Fsp3) is 0.554. The zero-order valence-electron chi connectivity index (χ0n) is 58.2. The van der Waals surface area contributed by atoms with Crippen molar-refractivity contribution in [3.63, 3.8) is 0 Å². The third-order valence-electron chi connectivity index (χ3n) is 17.9. The van der Waals surface area contributed by atoms with E-state index in [2.05, 4.69) is 58.5 Å². The van der Waals surface area contributed by atoms with Crippen LogP contribution in [0.2, 0.25) is 0 Å². The second-order valence-electron chi connectivity index (χ2n) is 25.9. The SMILES string of the molecule is C[C@@H]1NC(=O)C(Cc2ccccc2)NC(=O)[C@@H]2CSSC[C@H](NC(=O)CN)C(=O)N[C@@H](CSSCC(C(N)=O)NC(=O)C(CC(=O)O)NC(=O)[C@@H]3CCCN3C(=O)[C@H](CC(N)=O)NC(=O)C([C@@H](C)O)NC1=O)C(=O)N[C@@H](CO)C(=O)NC(Cc1ccc(O)cc1)C(=O)N1CCC[C@H]1C(=O)N1CCC[C@H]1C(=O)N2. The molecule has 5 saturated heterocycles. The number of aliphatic hydroxyl groups is 2. The summed E-state index contributed by atoms with van der Waals surface area (Å²) in [6, 6.07) is -9.48. The van der Waals surface area contributed by atoms with Gasteiger partial charge in [0.15, 0.2) is 0 Å². The van der Waals surface area contributed by atoms with Crippen LogP contribution in [0.25, 0.3) is 0 Å². The molecule has 7 rings (SSSR count). The van der Waals surface area contributed by atoms with Crippen LogP contribution in [0.15, 0.2) is 54.6 Å². The highest BCUT2D eigenvalue weighted by Gasteiger charge is 2.46. The zero-order chi connectivity index (χ0) is 78.3. The van der Waals surface area contributed by atoms with Gasteiger partial charge in [-0.15, -0.1) is 0 Å².